The molecule has 24 heavy (non-hydrogen) atoms. The molecule has 0 unspecified atom stereocenters. The second-order valence-corrected chi connectivity index (χ2v) is 5.91. The molecule has 0 spiro atoms. The van der Waals surface area contributed by atoms with E-state index in [1.165, 1.54) is 6.20 Å². The molecule has 3 rings (SSSR count). The van der Waals surface area contributed by atoms with E-state index >= 15 is 0 Å². The van der Waals surface area contributed by atoms with Crippen LogP contribution in [0.15, 0.2) is 42.7 Å². The maximum atomic E-state index is 12.8. The Hall–Kier alpha value is -2.31. The smallest absolute Gasteiger partial charge is 0.371 e. The van der Waals surface area contributed by atoms with Gasteiger partial charge in [0, 0.05) is 44.3 Å². The summed E-state index contributed by atoms with van der Waals surface area (Å²) in [5, 5.41) is 0. The van der Waals surface area contributed by atoms with Crippen LogP contribution in [0.25, 0.3) is 0 Å². The molecule has 0 amide bonds. The Morgan fingerprint density at radius 2 is 1.83 bits per heavy atom. The van der Waals surface area contributed by atoms with Crippen LogP contribution in [-0.2, 0) is 6.18 Å². The molecule has 1 fully saturated rings. The fraction of sp³-hybridized carbons (Fsp3) is 0.412. The van der Waals surface area contributed by atoms with Crippen LogP contribution in [0.2, 0.25) is 0 Å². The molecule has 1 saturated heterocycles. The highest BCUT2D eigenvalue weighted by Crippen LogP contribution is 2.31. The van der Waals surface area contributed by atoms with Gasteiger partial charge >= 0.3 is 6.18 Å². The fourth-order valence-corrected chi connectivity index (χ4v) is 3.03. The normalized spacial score (nSPS) is 16.2. The maximum absolute atomic E-state index is 12.8. The number of halogens is 3. The van der Waals surface area contributed by atoms with Crippen LogP contribution in [0, 0.1) is 0 Å². The van der Waals surface area contributed by atoms with Crippen molar-refractivity contribution in [2.24, 2.45) is 0 Å². The van der Waals surface area contributed by atoms with Gasteiger partial charge in [-0.05, 0) is 37.1 Å². The summed E-state index contributed by atoms with van der Waals surface area (Å²) < 4.78 is 38.4. The number of hydrogen-bond acceptors (Lipinski definition) is 4. The van der Waals surface area contributed by atoms with Gasteiger partial charge in [-0.1, -0.05) is 6.07 Å². The highest BCUT2D eigenvalue weighted by molar-refractivity contribution is 5.48. The van der Waals surface area contributed by atoms with E-state index in [4.69, 9.17) is 0 Å². The van der Waals surface area contributed by atoms with E-state index in [-0.39, 0.29) is 0 Å². The molecule has 128 valence electrons. The minimum Gasteiger partial charge on any atom is -0.371 e. The van der Waals surface area contributed by atoms with Crippen LogP contribution < -0.4 is 9.80 Å². The lowest BCUT2D eigenvalue weighted by atomic mass is 10.0. The van der Waals surface area contributed by atoms with E-state index in [1.807, 2.05) is 30.1 Å². The highest BCUT2D eigenvalue weighted by atomic mass is 19.4. The van der Waals surface area contributed by atoms with Crippen molar-refractivity contribution in [3.05, 3.63) is 48.4 Å². The molecule has 0 bridgehead atoms. The molecule has 4 nitrogen and oxygen atoms in total. The molecule has 2 aromatic rings. The Morgan fingerprint density at radius 1 is 1.08 bits per heavy atom. The number of anilines is 2. The van der Waals surface area contributed by atoms with Crippen molar-refractivity contribution in [1.82, 2.24) is 9.97 Å². The van der Waals surface area contributed by atoms with Crippen LogP contribution in [0.3, 0.4) is 0 Å². The first-order chi connectivity index (χ1) is 11.4. The Bertz CT molecular complexity index is 667. The third-order valence-corrected chi connectivity index (χ3v) is 4.42. The van der Waals surface area contributed by atoms with Crippen LogP contribution in [0.5, 0.6) is 0 Å². The maximum Gasteiger partial charge on any atom is 0.433 e. The van der Waals surface area contributed by atoms with Gasteiger partial charge in [-0.15, -0.1) is 0 Å². The minimum atomic E-state index is -4.41. The van der Waals surface area contributed by atoms with Crippen molar-refractivity contribution in [2.75, 3.05) is 29.9 Å². The van der Waals surface area contributed by atoms with E-state index in [2.05, 4.69) is 14.9 Å². The average molecular weight is 336 g/mol. The number of rotatable bonds is 3. The van der Waals surface area contributed by atoms with E-state index in [0.29, 0.717) is 24.8 Å². The van der Waals surface area contributed by atoms with Gasteiger partial charge in [-0.2, -0.15) is 13.2 Å². The third kappa shape index (κ3) is 3.60. The molecule has 1 aliphatic rings. The molecular weight excluding hydrogens is 317 g/mol. The second kappa shape index (κ2) is 6.67. The number of aromatic nitrogens is 2. The quantitative estimate of drug-likeness (QED) is 0.857. The first kappa shape index (κ1) is 16.5. The summed E-state index contributed by atoms with van der Waals surface area (Å²) in [5.74, 6) is 0.916. The Morgan fingerprint density at radius 3 is 2.46 bits per heavy atom. The van der Waals surface area contributed by atoms with Gasteiger partial charge in [0.1, 0.15) is 11.5 Å². The van der Waals surface area contributed by atoms with Gasteiger partial charge in [0.05, 0.1) is 0 Å². The lowest BCUT2D eigenvalue weighted by Crippen LogP contribution is -2.43. The largest absolute Gasteiger partial charge is 0.433 e. The highest BCUT2D eigenvalue weighted by Gasteiger charge is 2.33. The zero-order chi connectivity index (χ0) is 17.2. The van der Waals surface area contributed by atoms with E-state index in [0.717, 1.165) is 24.7 Å². The molecule has 3 heterocycles. The third-order valence-electron chi connectivity index (χ3n) is 4.42. The van der Waals surface area contributed by atoms with Crippen molar-refractivity contribution < 1.29 is 13.2 Å². The van der Waals surface area contributed by atoms with Gasteiger partial charge in [0.2, 0.25) is 0 Å². The molecule has 2 aromatic heterocycles. The first-order valence-corrected chi connectivity index (χ1v) is 7.87. The number of alkyl halides is 3. The van der Waals surface area contributed by atoms with Gasteiger partial charge in [0.25, 0.3) is 0 Å². The topological polar surface area (TPSA) is 32.3 Å². The molecule has 0 aliphatic carbocycles. The summed E-state index contributed by atoms with van der Waals surface area (Å²) in [5.41, 5.74) is -0.260. The molecule has 0 radical (unpaired) electrons. The van der Waals surface area contributed by atoms with Crippen molar-refractivity contribution >= 4 is 11.5 Å². The SMILES string of the molecule is CN(c1ccccn1)C1CCN(c2ccnc(C(F)(F)F)c2)CC1. The van der Waals surface area contributed by atoms with Gasteiger partial charge in [0.15, 0.2) is 0 Å². The summed E-state index contributed by atoms with van der Waals surface area (Å²) in [6, 6.07) is 8.89. The standard InChI is InChI=1S/C17H19F3N4/c1-23(16-4-2-3-8-22-16)13-6-10-24(11-7-13)14-5-9-21-15(12-14)17(18,19)20/h2-5,8-9,12-13H,6-7,10-11H2,1H3. The number of pyridine rings is 2. The van der Waals surface area contributed by atoms with Crippen LogP contribution >= 0.6 is 0 Å². The lowest BCUT2D eigenvalue weighted by molar-refractivity contribution is -0.141. The van der Waals surface area contributed by atoms with Crippen molar-refractivity contribution in [3.8, 4) is 0 Å². The van der Waals surface area contributed by atoms with Crippen LogP contribution in [0.4, 0.5) is 24.7 Å². The van der Waals surface area contributed by atoms with Crippen LogP contribution in [-0.4, -0.2) is 36.1 Å². The zero-order valence-electron chi connectivity index (χ0n) is 13.4. The van der Waals surface area contributed by atoms with Gasteiger partial charge < -0.3 is 9.80 Å². The first-order valence-electron chi connectivity index (χ1n) is 7.87. The molecule has 0 N–H and O–H groups in total. The molecule has 1 aliphatic heterocycles. The van der Waals surface area contributed by atoms with Crippen LogP contribution in [0.1, 0.15) is 18.5 Å². The summed E-state index contributed by atoms with van der Waals surface area (Å²) in [6.45, 7) is 1.42. The molecule has 7 heteroatoms. The predicted octanol–water partition coefficient (Wildman–Crippen LogP) is 3.60. The van der Waals surface area contributed by atoms with Crippen molar-refractivity contribution in [1.29, 1.82) is 0 Å². The average Bonchev–Trinajstić information content (AvgIpc) is 2.61. The Kier molecular flexibility index (Phi) is 4.59. The number of piperidine rings is 1. The summed E-state index contributed by atoms with van der Waals surface area (Å²) in [7, 11) is 2.01. The van der Waals surface area contributed by atoms with E-state index in [9.17, 15) is 13.2 Å². The molecule has 0 saturated carbocycles. The minimum absolute atomic E-state index is 0.333. The summed E-state index contributed by atoms with van der Waals surface area (Å²) >= 11 is 0. The van der Waals surface area contributed by atoms with E-state index < -0.39 is 11.9 Å². The van der Waals surface area contributed by atoms with Gasteiger partial charge in [-0.3, -0.25) is 4.98 Å². The Labute approximate surface area is 138 Å². The lowest BCUT2D eigenvalue weighted by Gasteiger charge is -2.38. The van der Waals surface area contributed by atoms with E-state index in [1.54, 1.807) is 12.3 Å². The predicted molar refractivity (Wildman–Crippen MR) is 87.1 cm³/mol. The van der Waals surface area contributed by atoms with Crippen molar-refractivity contribution in [3.63, 3.8) is 0 Å². The second-order valence-electron chi connectivity index (χ2n) is 5.91. The van der Waals surface area contributed by atoms with Gasteiger partial charge in [-0.25, -0.2) is 4.98 Å². The zero-order valence-corrected chi connectivity index (χ0v) is 13.4. The molecule has 0 atom stereocenters. The fourth-order valence-electron chi connectivity index (χ4n) is 3.03. The number of nitrogens with zero attached hydrogens (tertiary/aromatic N) is 4. The summed E-state index contributed by atoms with van der Waals surface area (Å²) in [4.78, 5) is 11.9. The van der Waals surface area contributed by atoms with Crippen molar-refractivity contribution in [2.45, 2.75) is 25.1 Å². The monoisotopic (exact) mass is 336 g/mol. The number of hydrogen-bond donors (Lipinski definition) is 0. The Balaban J connectivity index is 1.65. The molecule has 0 aromatic carbocycles. The molecular formula is C17H19F3N4. The summed E-state index contributed by atoms with van der Waals surface area (Å²) in [6.07, 6.45) is 0.321.